The summed E-state index contributed by atoms with van der Waals surface area (Å²) in [5.41, 5.74) is -0.357. The maximum Gasteiger partial charge on any atom is 0.305 e. The van der Waals surface area contributed by atoms with Gasteiger partial charge in [-0.15, -0.1) is 0 Å². The molecule has 0 saturated carbocycles. The van der Waals surface area contributed by atoms with Gasteiger partial charge in [0.2, 0.25) is 5.82 Å². The highest BCUT2D eigenvalue weighted by atomic mass is 79.9. The molecule has 1 aromatic carbocycles. The largest absolute Gasteiger partial charge is 0.310 e. The van der Waals surface area contributed by atoms with E-state index in [2.05, 4.69) is 15.9 Å². The normalized spacial score (nSPS) is 10.4. The van der Waals surface area contributed by atoms with Crippen molar-refractivity contribution in [1.29, 1.82) is 0 Å². The molecule has 19 heavy (non-hydrogen) atoms. The second-order valence-corrected chi connectivity index (χ2v) is 4.77. The Morgan fingerprint density at radius 1 is 1.32 bits per heavy atom. The van der Waals surface area contributed by atoms with Crippen molar-refractivity contribution < 1.29 is 9.31 Å². The van der Waals surface area contributed by atoms with E-state index >= 15 is 0 Å². The number of aromatic nitrogens is 1. The number of rotatable bonds is 3. The van der Waals surface area contributed by atoms with Crippen molar-refractivity contribution >= 4 is 21.6 Å². The number of nitro groups is 1. The first-order chi connectivity index (χ1) is 8.97. The zero-order valence-corrected chi connectivity index (χ0v) is 11.1. The average Bonchev–Trinajstić information content (AvgIpc) is 2.36. The fraction of sp³-hybridized carbons (Fsp3) is 0.0833. The van der Waals surface area contributed by atoms with Gasteiger partial charge in [-0.05, 0) is 33.6 Å². The molecule has 0 N–H and O–H groups in total. The van der Waals surface area contributed by atoms with Crippen LogP contribution in [0.3, 0.4) is 0 Å². The number of hydrogen-bond donors (Lipinski definition) is 0. The van der Waals surface area contributed by atoms with Gasteiger partial charge >= 0.3 is 5.69 Å². The zero-order chi connectivity index (χ0) is 14.0. The molecule has 0 aliphatic carbocycles. The number of halogens is 2. The van der Waals surface area contributed by atoms with E-state index in [1.807, 2.05) is 0 Å². The van der Waals surface area contributed by atoms with Gasteiger partial charge in [-0.2, -0.15) is 4.39 Å². The van der Waals surface area contributed by atoms with E-state index in [1.165, 1.54) is 16.7 Å². The molecule has 2 rings (SSSR count). The van der Waals surface area contributed by atoms with Crippen LogP contribution in [-0.4, -0.2) is 9.49 Å². The van der Waals surface area contributed by atoms with Gasteiger partial charge in [0, 0.05) is 22.8 Å². The number of benzene rings is 1. The quantitative estimate of drug-likeness (QED) is 0.643. The van der Waals surface area contributed by atoms with Gasteiger partial charge < -0.3 is 4.57 Å². The van der Waals surface area contributed by atoms with E-state index in [1.54, 1.807) is 12.3 Å². The van der Waals surface area contributed by atoms with Crippen LogP contribution in [0.1, 0.15) is 5.56 Å². The van der Waals surface area contributed by atoms with Crippen LogP contribution in [0.15, 0.2) is 45.8 Å². The summed E-state index contributed by atoms with van der Waals surface area (Å²) in [4.78, 5) is 21.4. The number of pyridine rings is 1. The molecule has 0 atom stereocenters. The lowest BCUT2D eigenvalue weighted by atomic mass is 10.2. The Hall–Kier alpha value is -2.02. The highest BCUT2D eigenvalue weighted by Crippen LogP contribution is 2.19. The summed E-state index contributed by atoms with van der Waals surface area (Å²) < 4.78 is 15.3. The van der Waals surface area contributed by atoms with E-state index in [-0.39, 0.29) is 12.1 Å². The van der Waals surface area contributed by atoms with Crippen molar-refractivity contribution in [3.05, 3.63) is 72.9 Å². The van der Waals surface area contributed by atoms with Crippen LogP contribution in [0.2, 0.25) is 0 Å². The molecule has 0 amide bonds. The molecule has 0 aliphatic rings. The van der Waals surface area contributed by atoms with Crippen LogP contribution >= 0.6 is 15.9 Å². The van der Waals surface area contributed by atoms with Gasteiger partial charge in [0.05, 0.1) is 11.5 Å². The summed E-state index contributed by atoms with van der Waals surface area (Å²) in [6, 6.07) is 6.54. The van der Waals surface area contributed by atoms with Crippen molar-refractivity contribution in [1.82, 2.24) is 4.57 Å². The van der Waals surface area contributed by atoms with Crippen molar-refractivity contribution in [2.75, 3.05) is 0 Å². The fourth-order valence-corrected chi connectivity index (χ4v) is 2.00. The molecule has 0 spiro atoms. The van der Waals surface area contributed by atoms with Gasteiger partial charge in [0.25, 0.3) is 5.56 Å². The molecule has 0 radical (unpaired) electrons. The van der Waals surface area contributed by atoms with E-state index in [0.717, 1.165) is 12.1 Å². The molecule has 0 aliphatic heterocycles. The van der Waals surface area contributed by atoms with Crippen LogP contribution < -0.4 is 5.56 Å². The predicted molar refractivity (Wildman–Crippen MR) is 70.6 cm³/mol. The molecule has 0 bridgehead atoms. The first kappa shape index (κ1) is 13.4. The second kappa shape index (κ2) is 5.31. The number of nitro benzene ring substituents is 1. The summed E-state index contributed by atoms with van der Waals surface area (Å²) in [7, 11) is 0. The standard InChI is InChI=1S/C12H8BrFN2O3/c13-9-2-4-12(17)15(7-9)6-8-1-3-10(14)11(5-8)16(18)19/h1-5,7H,6H2. The van der Waals surface area contributed by atoms with Gasteiger partial charge in [0.1, 0.15) is 0 Å². The lowest BCUT2D eigenvalue weighted by Crippen LogP contribution is -2.18. The SMILES string of the molecule is O=c1ccc(Br)cn1Cc1ccc(F)c([N+](=O)[O-])c1. The Morgan fingerprint density at radius 2 is 2.05 bits per heavy atom. The Kier molecular flexibility index (Phi) is 3.75. The van der Waals surface area contributed by atoms with E-state index in [9.17, 15) is 19.3 Å². The maximum absolute atomic E-state index is 13.2. The van der Waals surface area contributed by atoms with E-state index < -0.39 is 16.4 Å². The first-order valence-electron chi connectivity index (χ1n) is 5.26. The van der Waals surface area contributed by atoms with Crippen LogP contribution in [0.25, 0.3) is 0 Å². The van der Waals surface area contributed by atoms with Crippen molar-refractivity contribution in [3.63, 3.8) is 0 Å². The van der Waals surface area contributed by atoms with Gasteiger partial charge in [-0.25, -0.2) is 0 Å². The molecular weight excluding hydrogens is 319 g/mol. The minimum absolute atomic E-state index is 0.138. The Bertz CT molecular complexity index is 700. The van der Waals surface area contributed by atoms with Crippen LogP contribution in [0, 0.1) is 15.9 Å². The maximum atomic E-state index is 13.2. The zero-order valence-electron chi connectivity index (χ0n) is 9.55. The topological polar surface area (TPSA) is 65.1 Å². The predicted octanol–water partition coefficient (Wildman–Crippen LogP) is 2.71. The highest BCUT2D eigenvalue weighted by molar-refractivity contribution is 9.10. The smallest absolute Gasteiger partial charge is 0.305 e. The molecule has 5 nitrogen and oxygen atoms in total. The summed E-state index contributed by atoms with van der Waals surface area (Å²) in [6.45, 7) is 0.138. The summed E-state index contributed by atoms with van der Waals surface area (Å²) in [6.07, 6.45) is 1.57. The molecule has 7 heteroatoms. The molecule has 0 unspecified atom stereocenters. The molecule has 98 valence electrons. The van der Waals surface area contributed by atoms with Gasteiger partial charge in [-0.1, -0.05) is 6.07 Å². The third-order valence-corrected chi connectivity index (χ3v) is 2.98. The monoisotopic (exact) mass is 326 g/mol. The van der Waals surface area contributed by atoms with E-state index in [4.69, 9.17) is 0 Å². The highest BCUT2D eigenvalue weighted by Gasteiger charge is 2.14. The number of hydrogen-bond acceptors (Lipinski definition) is 3. The lowest BCUT2D eigenvalue weighted by Gasteiger charge is -2.06. The molecular formula is C12H8BrFN2O3. The molecule has 1 heterocycles. The van der Waals surface area contributed by atoms with Crippen molar-refractivity contribution in [2.24, 2.45) is 0 Å². The summed E-state index contributed by atoms with van der Waals surface area (Å²) >= 11 is 3.23. The minimum Gasteiger partial charge on any atom is -0.310 e. The van der Waals surface area contributed by atoms with Crippen molar-refractivity contribution in [3.8, 4) is 0 Å². The minimum atomic E-state index is -0.893. The molecule has 2 aromatic rings. The first-order valence-corrected chi connectivity index (χ1v) is 6.05. The average molecular weight is 327 g/mol. The molecule has 1 aromatic heterocycles. The number of nitrogens with zero attached hydrogens (tertiary/aromatic N) is 2. The van der Waals surface area contributed by atoms with Crippen LogP contribution in [-0.2, 0) is 6.54 Å². The summed E-state index contributed by atoms with van der Waals surface area (Å²) in [5.74, 6) is -0.893. The lowest BCUT2D eigenvalue weighted by molar-refractivity contribution is -0.387. The van der Waals surface area contributed by atoms with E-state index in [0.29, 0.717) is 10.0 Å². The molecule has 0 fully saturated rings. The third kappa shape index (κ3) is 3.05. The Labute approximate surface area is 115 Å². The fourth-order valence-electron chi connectivity index (χ4n) is 1.62. The third-order valence-electron chi connectivity index (χ3n) is 2.51. The Morgan fingerprint density at radius 3 is 2.74 bits per heavy atom. The second-order valence-electron chi connectivity index (χ2n) is 3.86. The van der Waals surface area contributed by atoms with Gasteiger partial charge in [-0.3, -0.25) is 14.9 Å². The van der Waals surface area contributed by atoms with Crippen molar-refractivity contribution in [2.45, 2.75) is 6.54 Å². The molecule has 0 saturated heterocycles. The summed E-state index contributed by atoms with van der Waals surface area (Å²) in [5, 5.41) is 10.6. The van der Waals surface area contributed by atoms with Gasteiger partial charge in [0.15, 0.2) is 0 Å². The van der Waals surface area contributed by atoms with Crippen LogP contribution in [0.5, 0.6) is 0 Å². The Balaban J connectivity index is 2.39. The van der Waals surface area contributed by atoms with Crippen LogP contribution in [0.4, 0.5) is 10.1 Å².